The Balaban J connectivity index is 3.07. The SMILES string of the molecule is N[C@@H](c1cccc(Cl)c1O)C(F)F. The van der Waals surface area contributed by atoms with Crippen LogP contribution in [0.2, 0.25) is 5.02 Å². The lowest BCUT2D eigenvalue weighted by Gasteiger charge is -2.12. The fourth-order valence-corrected chi connectivity index (χ4v) is 1.12. The fraction of sp³-hybridized carbons (Fsp3) is 0.250. The van der Waals surface area contributed by atoms with Gasteiger partial charge in [0.2, 0.25) is 0 Å². The molecule has 1 atom stereocenters. The highest BCUT2D eigenvalue weighted by atomic mass is 35.5. The number of rotatable bonds is 2. The van der Waals surface area contributed by atoms with Crippen molar-refractivity contribution in [1.82, 2.24) is 0 Å². The van der Waals surface area contributed by atoms with E-state index < -0.39 is 12.5 Å². The first-order chi connectivity index (χ1) is 6.04. The van der Waals surface area contributed by atoms with Crippen molar-refractivity contribution < 1.29 is 13.9 Å². The molecular formula is C8H8ClF2NO. The van der Waals surface area contributed by atoms with Crippen LogP contribution in [-0.4, -0.2) is 11.5 Å². The number of halogens is 3. The smallest absolute Gasteiger partial charge is 0.257 e. The first-order valence-electron chi connectivity index (χ1n) is 3.55. The van der Waals surface area contributed by atoms with Gasteiger partial charge in [0.1, 0.15) is 5.75 Å². The first-order valence-corrected chi connectivity index (χ1v) is 3.93. The van der Waals surface area contributed by atoms with Crippen LogP contribution >= 0.6 is 11.6 Å². The summed E-state index contributed by atoms with van der Waals surface area (Å²) < 4.78 is 24.3. The number of phenols is 1. The van der Waals surface area contributed by atoms with Gasteiger partial charge in [0, 0.05) is 5.56 Å². The lowest BCUT2D eigenvalue weighted by molar-refractivity contribution is 0.115. The summed E-state index contributed by atoms with van der Waals surface area (Å²) in [7, 11) is 0. The average molecular weight is 208 g/mol. The number of aromatic hydroxyl groups is 1. The molecule has 0 aliphatic rings. The van der Waals surface area contributed by atoms with E-state index in [1.165, 1.54) is 18.2 Å². The van der Waals surface area contributed by atoms with Gasteiger partial charge in [0.25, 0.3) is 6.43 Å². The lowest BCUT2D eigenvalue weighted by Crippen LogP contribution is -2.18. The molecule has 0 aliphatic carbocycles. The van der Waals surface area contributed by atoms with E-state index in [0.717, 1.165) is 0 Å². The third kappa shape index (κ3) is 2.08. The fourth-order valence-electron chi connectivity index (χ4n) is 0.937. The summed E-state index contributed by atoms with van der Waals surface area (Å²) in [5.74, 6) is -0.378. The van der Waals surface area contributed by atoms with E-state index >= 15 is 0 Å². The van der Waals surface area contributed by atoms with Crippen molar-refractivity contribution in [3.8, 4) is 5.75 Å². The molecule has 13 heavy (non-hydrogen) atoms. The summed E-state index contributed by atoms with van der Waals surface area (Å²) >= 11 is 5.51. The summed E-state index contributed by atoms with van der Waals surface area (Å²) in [6.07, 6.45) is -2.72. The Labute approximate surface area is 78.9 Å². The van der Waals surface area contributed by atoms with E-state index in [1.807, 2.05) is 0 Å². The molecule has 0 amide bonds. The molecule has 0 aromatic heterocycles. The summed E-state index contributed by atoms with van der Waals surface area (Å²) in [6, 6.07) is 2.68. The van der Waals surface area contributed by atoms with Crippen molar-refractivity contribution in [3.63, 3.8) is 0 Å². The predicted octanol–water partition coefficient (Wildman–Crippen LogP) is 2.31. The van der Waals surface area contributed by atoms with Crippen LogP contribution in [0.1, 0.15) is 11.6 Å². The Morgan fingerprint density at radius 3 is 2.54 bits per heavy atom. The number of phenolic OH excluding ortho intramolecular Hbond substituents is 1. The Morgan fingerprint density at radius 1 is 1.38 bits per heavy atom. The monoisotopic (exact) mass is 207 g/mol. The maximum atomic E-state index is 12.1. The average Bonchev–Trinajstić information content (AvgIpc) is 2.08. The Kier molecular flexibility index (Phi) is 3.06. The van der Waals surface area contributed by atoms with Gasteiger partial charge >= 0.3 is 0 Å². The van der Waals surface area contributed by atoms with E-state index in [4.69, 9.17) is 17.3 Å². The van der Waals surface area contributed by atoms with Crippen LogP contribution < -0.4 is 5.73 Å². The molecule has 0 radical (unpaired) electrons. The van der Waals surface area contributed by atoms with Crippen LogP contribution in [0.25, 0.3) is 0 Å². The molecule has 1 aromatic carbocycles. The van der Waals surface area contributed by atoms with Crippen LogP contribution in [0.4, 0.5) is 8.78 Å². The van der Waals surface area contributed by atoms with Crippen molar-refractivity contribution >= 4 is 11.6 Å². The Morgan fingerprint density at radius 2 is 2.00 bits per heavy atom. The number of hydrogen-bond donors (Lipinski definition) is 2. The summed E-state index contributed by atoms with van der Waals surface area (Å²) in [5, 5.41) is 9.29. The molecule has 72 valence electrons. The summed E-state index contributed by atoms with van der Waals surface area (Å²) in [5.41, 5.74) is 5.10. The molecule has 5 heteroatoms. The molecule has 1 aromatic rings. The molecule has 0 aliphatic heterocycles. The number of hydrogen-bond acceptors (Lipinski definition) is 2. The van der Waals surface area contributed by atoms with E-state index in [0.29, 0.717) is 0 Å². The van der Waals surface area contributed by atoms with Gasteiger partial charge in [0.05, 0.1) is 11.1 Å². The number of para-hydroxylation sites is 1. The third-order valence-corrected chi connectivity index (χ3v) is 1.95. The highest BCUT2D eigenvalue weighted by molar-refractivity contribution is 6.32. The second-order valence-electron chi connectivity index (χ2n) is 2.54. The number of benzene rings is 1. The summed E-state index contributed by atoms with van der Waals surface area (Å²) in [6.45, 7) is 0. The molecule has 0 heterocycles. The molecule has 1 rings (SSSR count). The van der Waals surface area contributed by atoms with Gasteiger partial charge in [-0.2, -0.15) is 0 Å². The minimum absolute atomic E-state index is 0.0219. The molecule has 3 N–H and O–H groups in total. The number of nitrogens with two attached hydrogens (primary N) is 1. The zero-order valence-electron chi connectivity index (χ0n) is 6.55. The Bertz CT molecular complexity index is 306. The van der Waals surface area contributed by atoms with E-state index in [9.17, 15) is 13.9 Å². The molecule has 0 unspecified atom stereocenters. The largest absolute Gasteiger partial charge is 0.506 e. The van der Waals surface area contributed by atoms with Crippen molar-refractivity contribution in [2.24, 2.45) is 5.73 Å². The molecule has 0 bridgehead atoms. The van der Waals surface area contributed by atoms with Gasteiger partial charge in [-0.1, -0.05) is 23.7 Å². The Hall–Kier alpha value is -0.870. The van der Waals surface area contributed by atoms with Crippen molar-refractivity contribution in [2.75, 3.05) is 0 Å². The van der Waals surface area contributed by atoms with Gasteiger partial charge in [-0.25, -0.2) is 8.78 Å². The van der Waals surface area contributed by atoms with E-state index in [2.05, 4.69) is 0 Å². The van der Waals surface area contributed by atoms with Crippen LogP contribution in [0, 0.1) is 0 Å². The summed E-state index contributed by atoms with van der Waals surface area (Å²) in [4.78, 5) is 0. The van der Waals surface area contributed by atoms with E-state index in [-0.39, 0.29) is 16.3 Å². The zero-order valence-corrected chi connectivity index (χ0v) is 7.30. The van der Waals surface area contributed by atoms with Gasteiger partial charge in [-0.05, 0) is 6.07 Å². The van der Waals surface area contributed by atoms with Crippen LogP contribution in [0.3, 0.4) is 0 Å². The highest BCUT2D eigenvalue weighted by Crippen LogP contribution is 2.32. The van der Waals surface area contributed by atoms with E-state index in [1.54, 1.807) is 0 Å². The van der Waals surface area contributed by atoms with Crippen LogP contribution in [0.15, 0.2) is 18.2 Å². The first kappa shape index (κ1) is 10.2. The third-order valence-electron chi connectivity index (χ3n) is 1.65. The zero-order chi connectivity index (χ0) is 10.0. The molecule has 2 nitrogen and oxygen atoms in total. The maximum absolute atomic E-state index is 12.1. The molecule has 0 saturated carbocycles. The normalized spacial score (nSPS) is 13.3. The second kappa shape index (κ2) is 3.89. The van der Waals surface area contributed by atoms with Crippen LogP contribution in [0.5, 0.6) is 5.75 Å². The second-order valence-corrected chi connectivity index (χ2v) is 2.95. The molecule has 0 fully saturated rings. The number of alkyl halides is 2. The minimum Gasteiger partial charge on any atom is -0.506 e. The molecule has 0 spiro atoms. The maximum Gasteiger partial charge on any atom is 0.257 e. The van der Waals surface area contributed by atoms with Gasteiger partial charge in [-0.15, -0.1) is 0 Å². The standard InChI is InChI=1S/C8H8ClF2NO/c9-5-3-1-2-4(7(5)13)6(12)8(10)11/h1-3,6,8,13H,12H2/t6-/m0/s1. The minimum atomic E-state index is -2.72. The topological polar surface area (TPSA) is 46.2 Å². The van der Waals surface area contributed by atoms with Gasteiger partial charge < -0.3 is 10.8 Å². The van der Waals surface area contributed by atoms with Crippen molar-refractivity contribution in [2.45, 2.75) is 12.5 Å². The highest BCUT2D eigenvalue weighted by Gasteiger charge is 2.21. The van der Waals surface area contributed by atoms with Gasteiger partial charge in [0.15, 0.2) is 0 Å². The lowest BCUT2D eigenvalue weighted by atomic mass is 10.1. The molecule has 0 saturated heterocycles. The quantitative estimate of drug-likeness (QED) is 0.782. The van der Waals surface area contributed by atoms with Gasteiger partial charge in [-0.3, -0.25) is 0 Å². The predicted molar refractivity (Wildman–Crippen MR) is 46.0 cm³/mol. The van der Waals surface area contributed by atoms with Crippen molar-refractivity contribution in [1.29, 1.82) is 0 Å². The van der Waals surface area contributed by atoms with Crippen LogP contribution in [-0.2, 0) is 0 Å². The van der Waals surface area contributed by atoms with Crippen molar-refractivity contribution in [3.05, 3.63) is 28.8 Å². The molecular weight excluding hydrogens is 200 g/mol.